The summed E-state index contributed by atoms with van der Waals surface area (Å²) >= 11 is 0. The highest BCUT2D eigenvalue weighted by atomic mass is 16.2. The zero-order valence-corrected chi connectivity index (χ0v) is 14.6. The molecule has 134 valence electrons. The number of H-pyrrole nitrogens is 1. The lowest BCUT2D eigenvalue weighted by Gasteiger charge is -2.11. The second kappa shape index (κ2) is 6.76. The summed E-state index contributed by atoms with van der Waals surface area (Å²) in [7, 11) is 2.09. The molecule has 1 aliphatic rings. The third-order valence-electron chi connectivity index (χ3n) is 4.85. The Kier molecular flexibility index (Phi) is 4.30. The lowest BCUT2D eigenvalue weighted by Crippen LogP contribution is -2.30. The van der Waals surface area contributed by atoms with Gasteiger partial charge < -0.3 is 10.2 Å². The molecule has 4 rings (SSSR count). The predicted octanol–water partition coefficient (Wildman–Crippen LogP) is 1.37. The molecule has 1 atom stereocenters. The molecule has 7 heteroatoms. The number of likely N-dealkylation sites (tertiary alicyclic amines) is 1. The summed E-state index contributed by atoms with van der Waals surface area (Å²) in [4.78, 5) is 31.8. The molecule has 0 aliphatic carbocycles. The number of aromatic nitrogens is 3. The lowest BCUT2D eigenvalue weighted by molar-refractivity contribution is 0.0949. The Hall–Kier alpha value is -2.93. The van der Waals surface area contributed by atoms with Crippen molar-refractivity contribution in [3.63, 3.8) is 0 Å². The molecule has 26 heavy (non-hydrogen) atoms. The van der Waals surface area contributed by atoms with Crippen LogP contribution >= 0.6 is 0 Å². The Morgan fingerprint density at radius 2 is 2.15 bits per heavy atom. The Morgan fingerprint density at radius 1 is 1.35 bits per heavy atom. The van der Waals surface area contributed by atoms with Gasteiger partial charge in [0.15, 0.2) is 5.65 Å². The summed E-state index contributed by atoms with van der Waals surface area (Å²) < 4.78 is 1.30. The van der Waals surface area contributed by atoms with Gasteiger partial charge >= 0.3 is 0 Å². The third-order valence-corrected chi connectivity index (χ3v) is 4.85. The number of carbonyl (C=O) groups is 1. The number of benzene rings is 1. The molecule has 1 unspecified atom stereocenters. The monoisotopic (exact) mass is 351 g/mol. The van der Waals surface area contributed by atoms with Crippen LogP contribution in [0.25, 0.3) is 16.9 Å². The van der Waals surface area contributed by atoms with Crippen LogP contribution < -0.4 is 10.9 Å². The molecule has 1 aromatic carbocycles. The molecular weight excluding hydrogens is 330 g/mol. The maximum Gasteiger partial charge on any atom is 0.273 e. The molecule has 7 nitrogen and oxygen atoms in total. The number of hydrogen-bond acceptors (Lipinski definition) is 4. The normalized spacial score (nSPS) is 17.7. The quantitative estimate of drug-likeness (QED) is 0.744. The van der Waals surface area contributed by atoms with Crippen molar-refractivity contribution in [1.29, 1.82) is 0 Å². The smallest absolute Gasteiger partial charge is 0.273 e. The predicted molar refractivity (Wildman–Crippen MR) is 99.2 cm³/mol. The molecule has 2 N–H and O–H groups in total. The number of amides is 1. The average Bonchev–Trinajstić information content (AvgIpc) is 3.27. The van der Waals surface area contributed by atoms with Crippen molar-refractivity contribution >= 4 is 11.6 Å². The van der Waals surface area contributed by atoms with E-state index in [2.05, 4.69) is 27.3 Å². The SMILES string of the molecule is CN1CCC(CNC(=O)c2c[nH]n3c(=O)cc(-c4ccccc4)nc23)C1. The van der Waals surface area contributed by atoms with E-state index in [9.17, 15) is 9.59 Å². The van der Waals surface area contributed by atoms with E-state index in [-0.39, 0.29) is 11.5 Å². The van der Waals surface area contributed by atoms with Gasteiger partial charge in [0.25, 0.3) is 11.5 Å². The number of rotatable bonds is 4. The molecule has 1 amide bonds. The fourth-order valence-corrected chi connectivity index (χ4v) is 3.43. The highest BCUT2D eigenvalue weighted by Crippen LogP contribution is 2.17. The van der Waals surface area contributed by atoms with Crippen LogP contribution in [-0.2, 0) is 0 Å². The van der Waals surface area contributed by atoms with Crippen molar-refractivity contribution in [3.05, 3.63) is 58.5 Å². The number of carbonyl (C=O) groups excluding carboxylic acids is 1. The van der Waals surface area contributed by atoms with Crippen LogP contribution in [0.2, 0.25) is 0 Å². The zero-order valence-electron chi connectivity index (χ0n) is 14.6. The van der Waals surface area contributed by atoms with E-state index in [1.807, 2.05) is 30.3 Å². The maximum absolute atomic E-state index is 12.6. The van der Waals surface area contributed by atoms with Gasteiger partial charge in [0.2, 0.25) is 0 Å². The summed E-state index contributed by atoms with van der Waals surface area (Å²) in [6.07, 6.45) is 2.62. The first-order valence-corrected chi connectivity index (χ1v) is 8.75. The van der Waals surface area contributed by atoms with E-state index in [0.29, 0.717) is 29.4 Å². The average molecular weight is 351 g/mol. The van der Waals surface area contributed by atoms with Crippen molar-refractivity contribution in [2.45, 2.75) is 6.42 Å². The van der Waals surface area contributed by atoms with Crippen molar-refractivity contribution in [2.75, 3.05) is 26.7 Å². The minimum atomic E-state index is -0.245. The summed E-state index contributed by atoms with van der Waals surface area (Å²) in [6.45, 7) is 2.68. The number of nitrogens with one attached hydrogen (secondary N) is 2. The van der Waals surface area contributed by atoms with E-state index in [1.54, 1.807) is 0 Å². The first-order valence-electron chi connectivity index (χ1n) is 8.75. The number of hydrogen-bond donors (Lipinski definition) is 2. The van der Waals surface area contributed by atoms with Crippen molar-refractivity contribution in [1.82, 2.24) is 24.8 Å². The molecule has 1 saturated heterocycles. The van der Waals surface area contributed by atoms with E-state index in [1.165, 1.54) is 16.8 Å². The fraction of sp³-hybridized carbons (Fsp3) is 0.316. The van der Waals surface area contributed by atoms with Crippen LogP contribution in [0.15, 0.2) is 47.4 Å². The van der Waals surface area contributed by atoms with Crippen molar-refractivity contribution in [2.24, 2.45) is 5.92 Å². The summed E-state index contributed by atoms with van der Waals surface area (Å²) in [5.74, 6) is 0.250. The van der Waals surface area contributed by atoms with E-state index < -0.39 is 0 Å². The number of aromatic amines is 1. The summed E-state index contributed by atoms with van der Waals surface area (Å²) in [6, 6.07) is 10.9. The van der Waals surface area contributed by atoms with Crippen LogP contribution in [0.5, 0.6) is 0 Å². The second-order valence-electron chi connectivity index (χ2n) is 6.82. The van der Waals surface area contributed by atoms with Crippen molar-refractivity contribution in [3.8, 4) is 11.3 Å². The molecule has 2 aromatic heterocycles. The van der Waals surface area contributed by atoms with Gasteiger partial charge in [0.05, 0.1) is 5.69 Å². The van der Waals surface area contributed by atoms with Crippen molar-refractivity contribution < 1.29 is 4.79 Å². The Balaban J connectivity index is 1.62. The minimum absolute atomic E-state index is 0.213. The van der Waals surface area contributed by atoms with Gasteiger partial charge in [-0.1, -0.05) is 30.3 Å². The minimum Gasteiger partial charge on any atom is -0.352 e. The van der Waals surface area contributed by atoms with Gasteiger partial charge in [-0.3, -0.25) is 14.7 Å². The van der Waals surface area contributed by atoms with Gasteiger partial charge in [-0.15, -0.1) is 0 Å². The highest BCUT2D eigenvalue weighted by molar-refractivity contribution is 5.99. The van der Waals surface area contributed by atoms with Gasteiger partial charge in [-0.05, 0) is 25.9 Å². The van der Waals surface area contributed by atoms with Crippen LogP contribution in [-0.4, -0.2) is 52.1 Å². The largest absolute Gasteiger partial charge is 0.352 e. The van der Waals surface area contributed by atoms with E-state index >= 15 is 0 Å². The topological polar surface area (TPSA) is 82.5 Å². The van der Waals surface area contributed by atoms with Crippen LogP contribution in [0.1, 0.15) is 16.8 Å². The van der Waals surface area contributed by atoms with Gasteiger partial charge in [0.1, 0.15) is 5.56 Å². The Labute approximate surface area is 150 Å². The number of fused-ring (bicyclic) bond motifs is 1. The molecule has 0 spiro atoms. The maximum atomic E-state index is 12.6. The third kappa shape index (κ3) is 3.13. The molecule has 0 bridgehead atoms. The molecule has 0 radical (unpaired) electrons. The van der Waals surface area contributed by atoms with Crippen LogP contribution in [0.4, 0.5) is 0 Å². The standard InChI is InChI=1S/C19H21N5O2/c1-23-8-7-13(12-23)10-20-19(26)15-11-21-24-17(25)9-16(22-18(15)24)14-5-3-2-4-6-14/h2-6,9,11,13,21H,7-8,10,12H2,1H3,(H,20,26). The zero-order chi connectivity index (χ0) is 18.1. The van der Waals surface area contributed by atoms with E-state index in [4.69, 9.17) is 0 Å². The summed E-state index contributed by atoms with van der Waals surface area (Å²) in [5.41, 5.74) is 1.88. The van der Waals surface area contributed by atoms with Gasteiger partial charge in [-0.2, -0.15) is 0 Å². The molecular formula is C19H21N5O2. The molecule has 1 fully saturated rings. The summed E-state index contributed by atoms with van der Waals surface area (Å²) in [5, 5.41) is 5.80. The lowest BCUT2D eigenvalue weighted by atomic mass is 10.1. The number of nitrogens with zero attached hydrogens (tertiary/aromatic N) is 3. The van der Waals surface area contributed by atoms with E-state index in [0.717, 1.165) is 25.1 Å². The molecule has 3 heterocycles. The fourth-order valence-electron chi connectivity index (χ4n) is 3.43. The molecule has 1 aliphatic heterocycles. The first-order chi connectivity index (χ1) is 12.6. The van der Waals surface area contributed by atoms with Crippen LogP contribution in [0.3, 0.4) is 0 Å². The van der Waals surface area contributed by atoms with Gasteiger partial charge in [0, 0.05) is 30.9 Å². The Morgan fingerprint density at radius 3 is 2.88 bits per heavy atom. The van der Waals surface area contributed by atoms with Crippen LogP contribution in [0, 0.1) is 5.92 Å². The Bertz CT molecular complexity index is 992. The first kappa shape index (κ1) is 16.5. The second-order valence-corrected chi connectivity index (χ2v) is 6.82. The molecule has 3 aromatic rings. The molecule has 0 saturated carbocycles. The highest BCUT2D eigenvalue weighted by Gasteiger charge is 2.21. The van der Waals surface area contributed by atoms with Gasteiger partial charge in [-0.25, -0.2) is 9.50 Å².